The smallest absolute Gasteiger partial charge is 0.143 e. The van der Waals surface area contributed by atoms with Crippen molar-refractivity contribution in [1.29, 1.82) is 0 Å². The molecule has 1 atom stereocenters. The molecule has 2 heterocycles. The van der Waals surface area contributed by atoms with Crippen molar-refractivity contribution in [2.75, 3.05) is 23.8 Å². The van der Waals surface area contributed by atoms with Gasteiger partial charge >= 0.3 is 0 Å². The Hall–Kier alpha value is -2.34. The van der Waals surface area contributed by atoms with Crippen molar-refractivity contribution in [3.05, 3.63) is 36.2 Å². The molecule has 0 saturated carbocycles. The zero-order valence-electron chi connectivity index (χ0n) is 15.1. The van der Waals surface area contributed by atoms with Crippen LogP contribution >= 0.6 is 0 Å². The Morgan fingerprint density at radius 2 is 2.04 bits per heavy atom. The van der Waals surface area contributed by atoms with Crippen LogP contribution in [0.3, 0.4) is 0 Å². The van der Waals surface area contributed by atoms with E-state index in [0.29, 0.717) is 5.82 Å². The van der Waals surface area contributed by atoms with Crippen LogP contribution in [0.2, 0.25) is 0 Å². The molecule has 134 valence electrons. The van der Waals surface area contributed by atoms with Gasteiger partial charge in [-0.25, -0.2) is 9.97 Å². The number of aryl methyl sites for hydroxylation is 1. The molecule has 6 nitrogen and oxygen atoms in total. The van der Waals surface area contributed by atoms with Gasteiger partial charge in [-0.05, 0) is 45.7 Å². The molecule has 0 spiro atoms. The number of aromatic nitrogens is 2. The Morgan fingerprint density at radius 3 is 2.80 bits per heavy atom. The monoisotopic (exact) mass is 342 g/mol. The fourth-order valence-electron chi connectivity index (χ4n) is 2.81. The van der Waals surface area contributed by atoms with Gasteiger partial charge in [0.05, 0.1) is 17.9 Å². The second kappa shape index (κ2) is 8.16. The van der Waals surface area contributed by atoms with E-state index in [9.17, 15) is 0 Å². The highest BCUT2D eigenvalue weighted by atomic mass is 16.5. The molecule has 1 aromatic heterocycles. The van der Waals surface area contributed by atoms with Gasteiger partial charge in [0, 0.05) is 19.2 Å². The number of para-hydroxylation sites is 2. The zero-order chi connectivity index (χ0) is 17.6. The molecule has 0 bridgehead atoms. The Labute approximate surface area is 149 Å². The molecule has 2 aromatic rings. The molecule has 1 unspecified atom stereocenters. The minimum Gasteiger partial charge on any atom is -0.489 e. The van der Waals surface area contributed by atoms with Gasteiger partial charge in [-0.3, -0.25) is 0 Å². The minimum absolute atomic E-state index is 0.110. The Bertz CT molecular complexity index is 700. The van der Waals surface area contributed by atoms with E-state index in [1.807, 2.05) is 51.1 Å². The lowest BCUT2D eigenvalue weighted by Gasteiger charge is -2.16. The quantitative estimate of drug-likeness (QED) is 0.795. The van der Waals surface area contributed by atoms with Crippen LogP contribution in [-0.4, -0.2) is 35.3 Å². The third-order valence-corrected chi connectivity index (χ3v) is 3.89. The summed E-state index contributed by atoms with van der Waals surface area (Å²) in [6, 6.07) is 9.78. The predicted molar refractivity (Wildman–Crippen MR) is 99.7 cm³/mol. The fourth-order valence-corrected chi connectivity index (χ4v) is 2.81. The van der Waals surface area contributed by atoms with E-state index >= 15 is 0 Å². The summed E-state index contributed by atoms with van der Waals surface area (Å²) in [5.41, 5.74) is 0.888. The molecule has 0 amide bonds. The molecule has 25 heavy (non-hydrogen) atoms. The van der Waals surface area contributed by atoms with Crippen molar-refractivity contribution < 1.29 is 9.47 Å². The first kappa shape index (κ1) is 17.5. The van der Waals surface area contributed by atoms with E-state index in [4.69, 9.17) is 9.47 Å². The highest BCUT2D eigenvalue weighted by Gasteiger charge is 2.15. The molecule has 0 radical (unpaired) electrons. The van der Waals surface area contributed by atoms with E-state index in [1.54, 1.807) is 0 Å². The summed E-state index contributed by atoms with van der Waals surface area (Å²) in [5, 5.41) is 6.69. The van der Waals surface area contributed by atoms with Gasteiger partial charge in [-0.1, -0.05) is 12.1 Å². The molecule has 6 heteroatoms. The normalized spacial score (nSPS) is 16.9. The molecular formula is C19H26N4O2. The van der Waals surface area contributed by atoms with Crippen LogP contribution in [0, 0.1) is 6.92 Å². The molecular weight excluding hydrogens is 316 g/mol. The number of benzene rings is 1. The third kappa shape index (κ3) is 5.06. The Kier molecular flexibility index (Phi) is 5.71. The summed E-state index contributed by atoms with van der Waals surface area (Å²) in [6.07, 6.45) is 2.61. The average Bonchev–Trinajstić information content (AvgIpc) is 3.07. The van der Waals surface area contributed by atoms with Gasteiger partial charge < -0.3 is 20.1 Å². The molecule has 1 fully saturated rings. The lowest BCUT2D eigenvalue weighted by Crippen LogP contribution is -2.19. The summed E-state index contributed by atoms with van der Waals surface area (Å²) in [5.74, 6) is 3.06. The highest BCUT2D eigenvalue weighted by Crippen LogP contribution is 2.28. The SMILES string of the molecule is Cc1nc(NCC2CCCO2)cc(Nc2ccccc2OC(C)C)n1. The molecule has 1 aliphatic rings. The van der Waals surface area contributed by atoms with Crippen LogP contribution in [-0.2, 0) is 4.74 Å². The van der Waals surface area contributed by atoms with Crippen LogP contribution in [0.1, 0.15) is 32.5 Å². The Morgan fingerprint density at radius 1 is 1.24 bits per heavy atom. The number of nitrogens with one attached hydrogen (secondary N) is 2. The van der Waals surface area contributed by atoms with Gasteiger partial charge in [-0.15, -0.1) is 0 Å². The minimum atomic E-state index is 0.110. The molecule has 3 rings (SSSR count). The first-order valence-electron chi connectivity index (χ1n) is 8.84. The van der Waals surface area contributed by atoms with Gasteiger partial charge in [0.2, 0.25) is 0 Å². The molecule has 0 aliphatic carbocycles. The van der Waals surface area contributed by atoms with Crippen molar-refractivity contribution in [2.24, 2.45) is 0 Å². The number of ether oxygens (including phenoxy) is 2. The summed E-state index contributed by atoms with van der Waals surface area (Å²) in [7, 11) is 0. The maximum Gasteiger partial charge on any atom is 0.143 e. The largest absolute Gasteiger partial charge is 0.489 e. The second-order valence-electron chi connectivity index (χ2n) is 6.49. The van der Waals surface area contributed by atoms with Crippen LogP contribution in [0.15, 0.2) is 30.3 Å². The van der Waals surface area contributed by atoms with Crippen LogP contribution in [0.5, 0.6) is 5.75 Å². The molecule has 1 saturated heterocycles. The number of anilines is 3. The van der Waals surface area contributed by atoms with E-state index in [2.05, 4.69) is 20.6 Å². The van der Waals surface area contributed by atoms with Crippen molar-refractivity contribution >= 4 is 17.3 Å². The van der Waals surface area contributed by atoms with Crippen molar-refractivity contribution in [1.82, 2.24) is 9.97 Å². The first-order chi connectivity index (χ1) is 12.1. The first-order valence-corrected chi connectivity index (χ1v) is 8.84. The topological polar surface area (TPSA) is 68.3 Å². The van der Waals surface area contributed by atoms with Gasteiger partial charge in [0.25, 0.3) is 0 Å². The van der Waals surface area contributed by atoms with Crippen molar-refractivity contribution in [3.63, 3.8) is 0 Å². The van der Waals surface area contributed by atoms with Crippen molar-refractivity contribution in [2.45, 2.75) is 45.8 Å². The van der Waals surface area contributed by atoms with E-state index in [1.165, 1.54) is 0 Å². The molecule has 1 aromatic carbocycles. The fraction of sp³-hybridized carbons (Fsp3) is 0.474. The third-order valence-electron chi connectivity index (χ3n) is 3.89. The van der Waals surface area contributed by atoms with Crippen molar-refractivity contribution in [3.8, 4) is 5.75 Å². The van der Waals surface area contributed by atoms with Crippen LogP contribution in [0.4, 0.5) is 17.3 Å². The summed E-state index contributed by atoms with van der Waals surface area (Å²) >= 11 is 0. The van der Waals surface area contributed by atoms with Gasteiger partial charge in [0.1, 0.15) is 23.2 Å². The maximum atomic E-state index is 5.85. The maximum absolute atomic E-state index is 5.85. The standard InChI is InChI=1S/C19H26N4O2/c1-13(2)25-17-9-5-4-8-16(17)23-19-11-18(21-14(3)22-19)20-12-15-7-6-10-24-15/h4-5,8-9,11,13,15H,6-7,10,12H2,1-3H3,(H2,20,21,22,23). The Balaban J connectivity index is 1.72. The van der Waals surface area contributed by atoms with Crippen LogP contribution < -0.4 is 15.4 Å². The zero-order valence-corrected chi connectivity index (χ0v) is 15.1. The second-order valence-corrected chi connectivity index (χ2v) is 6.49. The van der Waals surface area contributed by atoms with Crippen LogP contribution in [0.25, 0.3) is 0 Å². The lowest BCUT2D eigenvalue weighted by atomic mass is 10.2. The average molecular weight is 342 g/mol. The highest BCUT2D eigenvalue weighted by molar-refractivity contribution is 5.65. The van der Waals surface area contributed by atoms with E-state index < -0.39 is 0 Å². The number of hydrogen-bond acceptors (Lipinski definition) is 6. The van der Waals surface area contributed by atoms with Gasteiger partial charge in [0.15, 0.2) is 0 Å². The lowest BCUT2D eigenvalue weighted by molar-refractivity contribution is 0.120. The predicted octanol–water partition coefficient (Wildman–Crippen LogP) is 3.91. The molecule has 2 N–H and O–H groups in total. The number of hydrogen-bond donors (Lipinski definition) is 2. The summed E-state index contributed by atoms with van der Waals surface area (Å²) < 4.78 is 11.5. The van der Waals surface area contributed by atoms with E-state index in [0.717, 1.165) is 49.1 Å². The molecule has 1 aliphatic heterocycles. The summed E-state index contributed by atoms with van der Waals surface area (Å²) in [4.78, 5) is 8.94. The summed E-state index contributed by atoms with van der Waals surface area (Å²) in [6.45, 7) is 7.54. The number of rotatable bonds is 7. The van der Waals surface area contributed by atoms with E-state index in [-0.39, 0.29) is 12.2 Å². The van der Waals surface area contributed by atoms with Gasteiger partial charge in [-0.2, -0.15) is 0 Å². The number of nitrogens with zero attached hydrogens (tertiary/aromatic N) is 2.